The van der Waals surface area contributed by atoms with Gasteiger partial charge in [-0.25, -0.2) is 9.80 Å². The molecule has 25 heavy (non-hydrogen) atoms. The lowest BCUT2D eigenvalue weighted by Gasteiger charge is -2.35. The summed E-state index contributed by atoms with van der Waals surface area (Å²) in [6, 6.07) is 13.6. The van der Waals surface area contributed by atoms with Crippen LogP contribution < -0.4 is 10.7 Å². The summed E-state index contributed by atoms with van der Waals surface area (Å²) in [5.41, 5.74) is 6.13. The number of ether oxygens (including phenoxy) is 1. The summed E-state index contributed by atoms with van der Waals surface area (Å²) in [6.45, 7) is 4.67. The van der Waals surface area contributed by atoms with Crippen LogP contribution in [0.25, 0.3) is 0 Å². The Balaban J connectivity index is 1.49. The fourth-order valence-electron chi connectivity index (χ4n) is 2.76. The second-order valence-corrected chi connectivity index (χ2v) is 5.89. The Labute approximate surface area is 147 Å². The van der Waals surface area contributed by atoms with E-state index >= 15 is 0 Å². The fourth-order valence-corrected chi connectivity index (χ4v) is 2.76. The van der Waals surface area contributed by atoms with Gasteiger partial charge in [0.15, 0.2) is 0 Å². The van der Waals surface area contributed by atoms with Crippen molar-refractivity contribution in [1.82, 2.24) is 14.9 Å². The Hall–Kier alpha value is -2.64. The lowest BCUT2D eigenvalue weighted by molar-refractivity contribution is 0.145. The van der Waals surface area contributed by atoms with Crippen molar-refractivity contribution >= 4 is 17.5 Å². The molecule has 132 valence electrons. The van der Waals surface area contributed by atoms with Gasteiger partial charge in [0.05, 0.1) is 18.5 Å². The summed E-state index contributed by atoms with van der Waals surface area (Å²) in [7, 11) is 1.35. The molecule has 1 aliphatic rings. The average molecular weight is 341 g/mol. The van der Waals surface area contributed by atoms with Crippen molar-refractivity contribution in [1.29, 1.82) is 0 Å². The van der Waals surface area contributed by atoms with Crippen molar-refractivity contribution in [3.63, 3.8) is 0 Å². The molecule has 1 amide bonds. The van der Waals surface area contributed by atoms with E-state index in [1.54, 1.807) is 0 Å². The first-order valence-corrected chi connectivity index (χ1v) is 8.32. The molecular weight excluding hydrogens is 318 g/mol. The Morgan fingerprint density at radius 2 is 1.92 bits per heavy atom. The first-order valence-electron chi connectivity index (χ1n) is 8.32. The van der Waals surface area contributed by atoms with Gasteiger partial charge in [-0.2, -0.15) is 0 Å². The Bertz CT molecular complexity index is 687. The molecule has 0 radical (unpaired) electrons. The normalized spacial score (nSPS) is 15.6. The van der Waals surface area contributed by atoms with Crippen LogP contribution in [0.3, 0.4) is 0 Å². The average Bonchev–Trinajstić information content (AvgIpc) is 2.64. The first kappa shape index (κ1) is 17.2. The number of amides is 1. The third-order valence-corrected chi connectivity index (χ3v) is 4.07. The topological polar surface area (TPSA) is 69.7 Å². The van der Waals surface area contributed by atoms with Gasteiger partial charge in [0.25, 0.3) is 0 Å². The molecule has 0 bridgehead atoms. The Morgan fingerprint density at radius 1 is 1.12 bits per heavy atom. The van der Waals surface area contributed by atoms with E-state index in [0.29, 0.717) is 5.69 Å². The molecule has 7 nitrogen and oxygen atoms in total. The molecule has 2 heterocycles. The van der Waals surface area contributed by atoms with E-state index in [9.17, 15) is 4.79 Å². The van der Waals surface area contributed by atoms with E-state index < -0.39 is 6.09 Å². The SMILES string of the molecule is COC(=O)Nc1cccc(NN2CCN(Cc3ccccn3)CC2)c1. The third-order valence-electron chi connectivity index (χ3n) is 4.07. The van der Waals surface area contributed by atoms with Gasteiger partial charge in [-0.3, -0.25) is 15.2 Å². The number of pyridine rings is 1. The van der Waals surface area contributed by atoms with Gasteiger partial charge in [-0.15, -0.1) is 0 Å². The lowest BCUT2D eigenvalue weighted by atomic mass is 10.2. The summed E-state index contributed by atoms with van der Waals surface area (Å²) in [4.78, 5) is 18.1. The second-order valence-electron chi connectivity index (χ2n) is 5.89. The zero-order valence-electron chi connectivity index (χ0n) is 14.3. The standard InChI is InChI=1S/C18H23N5O2/c1-25-18(24)20-15-6-4-7-16(13-15)21-23-11-9-22(10-12-23)14-17-5-2-3-8-19-17/h2-8,13,21H,9-12,14H2,1H3,(H,20,24). The number of methoxy groups -OCH3 is 1. The molecule has 0 saturated carbocycles. The van der Waals surface area contributed by atoms with Gasteiger partial charge in [-0.1, -0.05) is 12.1 Å². The third kappa shape index (κ3) is 5.17. The van der Waals surface area contributed by atoms with Crippen LogP contribution in [0, 0.1) is 0 Å². The van der Waals surface area contributed by atoms with E-state index in [4.69, 9.17) is 0 Å². The minimum absolute atomic E-state index is 0.472. The summed E-state index contributed by atoms with van der Waals surface area (Å²) < 4.78 is 4.61. The van der Waals surface area contributed by atoms with Crippen molar-refractivity contribution < 1.29 is 9.53 Å². The maximum Gasteiger partial charge on any atom is 0.411 e. The number of benzene rings is 1. The molecule has 1 aromatic heterocycles. The molecule has 2 N–H and O–H groups in total. The van der Waals surface area contributed by atoms with Gasteiger partial charge < -0.3 is 10.2 Å². The smallest absolute Gasteiger partial charge is 0.411 e. The van der Waals surface area contributed by atoms with E-state index in [0.717, 1.165) is 44.1 Å². The van der Waals surface area contributed by atoms with Gasteiger partial charge in [0, 0.05) is 44.6 Å². The largest absolute Gasteiger partial charge is 0.453 e. The predicted molar refractivity (Wildman–Crippen MR) is 97.2 cm³/mol. The zero-order valence-corrected chi connectivity index (χ0v) is 14.3. The predicted octanol–water partition coefficient (Wildman–Crippen LogP) is 2.40. The van der Waals surface area contributed by atoms with Crippen LogP contribution in [0.2, 0.25) is 0 Å². The number of anilines is 2. The lowest BCUT2D eigenvalue weighted by Crippen LogP contribution is -2.48. The maximum atomic E-state index is 11.3. The number of hydrogen-bond donors (Lipinski definition) is 2. The molecule has 3 rings (SSSR count). The highest BCUT2D eigenvalue weighted by Gasteiger charge is 2.17. The number of nitrogens with one attached hydrogen (secondary N) is 2. The van der Waals surface area contributed by atoms with E-state index in [1.807, 2.05) is 42.6 Å². The van der Waals surface area contributed by atoms with E-state index in [1.165, 1.54) is 7.11 Å². The summed E-state index contributed by atoms with van der Waals surface area (Å²) in [5.74, 6) is 0. The van der Waals surface area contributed by atoms with Gasteiger partial charge in [0.2, 0.25) is 0 Å². The highest BCUT2D eigenvalue weighted by atomic mass is 16.5. The molecule has 0 aliphatic carbocycles. The Kier molecular flexibility index (Phi) is 5.81. The van der Waals surface area contributed by atoms with E-state index in [2.05, 4.69) is 36.4 Å². The second kappa shape index (κ2) is 8.46. The first-order chi connectivity index (χ1) is 12.2. The molecule has 1 aliphatic heterocycles. The van der Waals surface area contributed by atoms with Crippen molar-refractivity contribution in [3.05, 3.63) is 54.4 Å². The number of hydrogen-bond acceptors (Lipinski definition) is 6. The van der Waals surface area contributed by atoms with Gasteiger partial charge in [0.1, 0.15) is 0 Å². The van der Waals surface area contributed by atoms with Crippen LogP contribution in [0.4, 0.5) is 16.2 Å². The summed E-state index contributed by atoms with van der Waals surface area (Å²) in [5, 5.41) is 4.86. The quantitative estimate of drug-likeness (QED) is 0.870. The minimum Gasteiger partial charge on any atom is -0.453 e. The molecule has 2 aromatic rings. The van der Waals surface area contributed by atoms with Crippen molar-refractivity contribution in [2.24, 2.45) is 0 Å². The highest BCUT2D eigenvalue weighted by molar-refractivity contribution is 5.85. The van der Waals surface area contributed by atoms with Crippen molar-refractivity contribution in [3.8, 4) is 0 Å². The number of aromatic nitrogens is 1. The van der Waals surface area contributed by atoms with Crippen LogP contribution >= 0.6 is 0 Å². The zero-order chi connectivity index (χ0) is 17.5. The monoisotopic (exact) mass is 341 g/mol. The Morgan fingerprint density at radius 3 is 2.64 bits per heavy atom. The number of hydrazine groups is 1. The highest BCUT2D eigenvalue weighted by Crippen LogP contribution is 2.17. The van der Waals surface area contributed by atoms with Crippen molar-refractivity contribution in [2.45, 2.75) is 6.54 Å². The fraction of sp³-hybridized carbons (Fsp3) is 0.333. The van der Waals surface area contributed by atoms with Gasteiger partial charge >= 0.3 is 6.09 Å². The number of piperazine rings is 1. The molecule has 1 saturated heterocycles. The maximum absolute atomic E-state index is 11.3. The minimum atomic E-state index is -0.472. The number of carbonyl (C=O) groups excluding carboxylic acids is 1. The van der Waals surface area contributed by atoms with E-state index in [-0.39, 0.29) is 0 Å². The van der Waals surface area contributed by atoms with Crippen LogP contribution in [-0.2, 0) is 11.3 Å². The van der Waals surface area contributed by atoms with Crippen LogP contribution in [0.5, 0.6) is 0 Å². The van der Waals surface area contributed by atoms with Crippen LogP contribution in [0.1, 0.15) is 5.69 Å². The molecule has 0 spiro atoms. The van der Waals surface area contributed by atoms with Crippen LogP contribution in [0.15, 0.2) is 48.7 Å². The molecular formula is C18H23N5O2. The van der Waals surface area contributed by atoms with Crippen molar-refractivity contribution in [2.75, 3.05) is 44.0 Å². The molecule has 7 heteroatoms. The molecule has 1 fully saturated rings. The number of nitrogens with zero attached hydrogens (tertiary/aromatic N) is 3. The number of rotatable bonds is 5. The number of carbonyl (C=O) groups is 1. The summed E-state index contributed by atoms with van der Waals surface area (Å²) in [6.07, 6.45) is 1.36. The van der Waals surface area contributed by atoms with Gasteiger partial charge in [-0.05, 0) is 30.3 Å². The van der Waals surface area contributed by atoms with Crippen LogP contribution in [-0.4, -0.2) is 54.3 Å². The molecule has 0 atom stereocenters. The molecule has 1 aromatic carbocycles. The summed E-state index contributed by atoms with van der Waals surface area (Å²) >= 11 is 0. The molecule has 0 unspecified atom stereocenters.